The highest BCUT2D eigenvalue weighted by atomic mass is 16.5. The first-order valence-corrected chi connectivity index (χ1v) is 10.2. The quantitative estimate of drug-likeness (QED) is 0.666. The Hall–Kier alpha value is -0.120. The van der Waals surface area contributed by atoms with E-state index in [1.54, 1.807) is 0 Å². The number of ether oxygens (including phenoxy) is 1. The van der Waals surface area contributed by atoms with E-state index >= 15 is 0 Å². The van der Waals surface area contributed by atoms with Gasteiger partial charge in [0.1, 0.15) is 0 Å². The number of hydrogen-bond acceptors (Lipinski definition) is 3. The summed E-state index contributed by atoms with van der Waals surface area (Å²) in [6, 6.07) is 1.48. The van der Waals surface area contributed by atoms with Crippen molar-refractivity contribution in [2.75, 3.05) is 32.8 Å². The summed E-state index contributed by atoms with van der Waals surface area (Å²) in [6.07, 6.45) is 10.2. The molecule has 1 aliphatic carbocycles. The smallest absolute Gasteiger partial charge is 0.0575 e. The van der Waals surface area contributed by atoms with Crippen LogP contribution in [0.1, 0.15) is 72.6 Å². The average molecular weight is 325 g/mol. The lowest BCUT2D eigenvalue weighted by Crippen LogP contribution is -2.51. The van der Waals surface area contributed by atoms with Crippen LogP contribution in [0.4, 0.5) is 0 Å². The highest BCUT2D eigenvalue weighted by Gasteiger charge is 2.24. The van der Waals surface area contributed by atoms with Crippen molar-refractivity contribution in [3.8, 4) is 0 Å². The monoisotopic (exact) mass is 324 g/mol. The summed E-state index contributed by atoms with van der Waals surface area (Å²) in [5, 5.41) is 0. The van der Waals surface area contributed by atoms with Crippen LogP contribution >= 0.6 is 0 Å². The largest absolute Gasteiger partial charge is 0.379 e. The summed E-state index contributed by atoms with van der Waals surface area (Å²) >= 11 is 0. The van der Waals surface area contributed by atoms with Gasteiger partial charge in [-0.1, -0.05) is 12.8 Å². The third-order valence-electron chi connectivity index (χ3n) is 6.13. The van der Waals surface area contributed by atoms with Crippen LogP contribution in [-0.2, 0) is 4.74 Å². The van der Waals surface area contributed by atoms with E-state index in [0.29, 0.717) is 12.1 Å². The van der Waals surface area contributed by atoms with E-state index in [4.69, 9.17) is 4.74 Å². The van der Waals surface area contributed by atoms with Gasteiger partial charge in [-0.25, -0.2) is 0 Å². The molecule has 0 amide bonds. The fourth-order valence-electron chi connectivity index (χ4n) is 4.40. The highest BCUT2D eigenvalue weighted by Crippen LogP contribution is 2.30. The van der Waals surface area contributed by atoms with Gasteiger partial charge in [0.2, 0.25) is 0 Å². The molecule has 2 aliphatic rings. The summed E-state index contributed by atoms with van der Waals surface area (Å²) in [5.74, 6) is 0.969. The van der Waals surface area contributed by atoms with Crippen molar-refractivity contribution in [2.24, 2.45) is 5.92 Å². The van der Waals surface area contributed by atoms with E-state index in [1.807, 2.05) is 0 Å². The minimum Gasteiger partial charge on any atom is -0.379 e. The highest BCUT2D eigenvalue weighted by molar-refractivity contribution is 4.79. The molecule has 1 aliphatic heterocycles. The zero-order valence-corrected chi connectivity index (χ0v) is 16.1. The van der Waals surface area contributed by atoms with Crippen LogP contribution in [0, 0.1) is 5.92 Å². The van der Waals surface area contributed by atoms with Gasteiger partial charge in [0, 0.05) is 44.9 Å². The Balaban J connectivity index is 1.56. The molecule has 0 aromatic carbocycles. The van der Waals surface area contributed by atoms with Crippen LogP contribution in [0.5, 0.6) is 0 Å². The van der Waals surface area contributed by atoms with Gasteiger partial charge in [-0.05, 0) is 65.7 Å². The topological polar surface area (TPSA) is 15.7 Å². The molecule has 0 aromatic rings. The number of rotatable bonds is 8. The molecule has 136 valence electrons. The molecule has 0 spiro atoms. The van der Waals surface area contributed by atoms with E-state index in [-0.39, 0.29) is 0 Å². The molecule has 0 radical (unpaired) electrons. The van der Waals surface area contributed by atoms with Gasteiger partial charge in [-0.15, -0.1) is 0 Å². The van der Waals surface area contributed by atoms with Gasteiger partial charge in [0.25, 0.3) is 0 Å². The second kappa shape index (κ2) is 10.0. The Bertz CT molecular complexity index is 305. The first-order valence-electron chi connectivity index (χ1n) is 10.2. The molecule has 2 fully saturated rings. The molecule has 1 saturated carbocycles. The Morgan fingerprint density at radius 2 is 1.52 bits per heavy atom. The first-order chi connectivity index (χ1) is 11.1. The van der Waals surface area contributed by atoms with Crippen molar-refractivity contribution in [1.29, 1.82) is 0 Å². The molecule has 0 aromatic heterocycles. The van der Waals surface area contributed by atoms with Crippen LogP contribution in [-0.4, -0.2) is 60.8 Å². The zero-order chi connectivity index (χ0) is 16.7. The number of hydrogen-bond donors (Lipinski definition) is 0. The first kappa shape index (κ1) is 19.2. The molecule has 1 heterocycles. The maximum absolute atomic E-state index is 5.77. The fraction of sp³-hybridized carbons (Fsp3) is 1.00. The van der Waals surface area contributed by atoms with Crippen LogP contribution in [0.3, 0.4) is 0 Å². The van der Waals surface area contributed by atoms with Crippen LogP contribution < -0.4 is 0 Å². The van der Waals surface area contributed by atoms with Gasteiger partial charge in [0.15, 0.2) is 0 Å². The van der Waals surface area contributed by atoms with Crippen molar-refractivity contribution >= 4 is 0 Å². The molecule has 2 rings (SSSR count). The third kappa shape index (κ3) is 6.36. The standard InChI is InChI=1S/C20H40N2O/c1-5-23-20-11-9-19(10-12-20)8-6-7-18(4)22-15-13-21(14-16-22)17(2)3/h17-20H,5-16H2,1-4H3/t18-,19-,20-/m1/s1. The Labute approximate surface area is 144 Å². The number of nitrogens with zero attached hydrogens (tertiary/aromatic N) is 2. The second-order valence-electron chi connectivity index (χ2n) is 8.04. The molecule has 0 N–H and O–H groups in total. The Kier molecular flexibility index (Phi) is 8.35. The van der Waals surface area contributed by atoms with Crippen molar-refractivity contribution in [3.05, 3.63) is 0 Å². The Morgan fingerprint density at radius 1 is 0.913 bits per heavy atom. The minimum atomic E-state index is 0.562. The van der Waals surface area contributed by atoms with Crippen LogP contribution in [0.25, 0.3) is 0 Å². The average Bonchev–Trinajstić information content (AvgIpc) is 2.56. The van der Waals surface area contributed by atoms with E-state index in [1.165, 1.54) is 71.1 Å². The maximum Gasteiger partial charge on any atom is 0.0575 e. The van der Waals surface area contributed by atoms with Crippen molar-refractivity contribution in [1.82, 2.24) is 9.80 Å². The van der Waals surface area contributed by atoms with E-state index in [2.05, 4.69) is 37.5 Å². The van der Waals surface area contributed by atoms with Gasteiger partial charge in [0.05, 0.1) is 6.10 Å². The molecule has 3 heteroatoms. The zero-order valence-electron chi connectivity index (χ0n) is 16.1. The summed E-state index contributed by atoms with van der Waals surface area (Å²) in [7, 11) is 0. The molecule has 1 saturated heterocycles. The van der Waals surface area contributed by atoms with Gasteiger partial charge >= 0.3 is 0 Å². The number of piperazine rings is 1. The molecular formula is C20H40N2O. The lowest BCUT2D eigenvalue weighted by atomic mass is 9.84. The SMILES string of the molecule is CCO[C@H]1CC[C@H](CCC[C@@H](C)N2CCN(C(C)C)CC2)CC1. The summed E-state index contributed by atoms with van der Waals surface area (Å²) in [4.78, 5) is 5.32. The molecule has 3 nitrogen and oxygen atoms in total. The summed E-state index contributed by atoms with van der Waals surface area (Å²) in [6.45, 7) is 15.1. The van der Waals surface area contributed by atoms with Gasteiger partial charge < -0.3 is 4.74 Å². The van der Waals surface area contributed by atoms with Crippen molar-refractivity contribution in [2.45, 2.75) is 90.8 Å². The lowest BCUT2D eigenvalue weighted by Gasteiger charge is -2.40. The van der Waals surface area contributed by atoms with Gasteiger partial charge in [-0.3, -0.25) is 9.80 Å². The minimum absolute atomic E-state index is 0.562. The maximum atomic E-state index is 5.77. The van der Waals surface area contributed by atoms with Crippen LogP contribution in [0.15, 0.2) is 0 Å². The summed E-state index contributed by atoms with van der Waals surface area (Å²) in [5.41, 5.74) is 0. The fourth-order valence-corrected chi connectivity index (χ4v) is 4.40. The van der Waals surface area contributed by atoms with E-state index in [0.717, 1.165) is 18.6 Å². The van der Waals surface area contributed by atoms with Crippen molar-refractivity contribution < 1.29 is 4.74 Å². The van der Waals surface area contributed by atoms with Crippen molar-refractivity contribution in [3.63, 3.8) is 0 Å². The second-order valence-corrected chi connectivity index (χ2v) is 8.04. The molecule has 1 atom stereocenters. The predicted molar refractivity (Wildman–Crippen MR) is 99.0 cm³/mol. The molecular weight excluding hydrogens is 284 g/mol. The van der Waals surface area contributed by atoms with Crippen LogP contribution in [0.2, 0.25) is 0 Å². The molecule has 23 heavy (non-hydrogen) atoms. The normalized spacial score (nSPS) is 29.1. The lowest BCUT2D eigenvalue weighted by molar-refractivity contribution is 0.0241. The molecule has 0 unspecified atom stereocenters. The third-order valence-corrected chi connectivity index (χ3v) is 6.13. The van der Waals surface area contributed by atoms with Gasteiger partial charge in [-0.2, -0.15) is 0 Å². The Morgan fingerprint density at radius 3 is 2.09 bits per heavy atom. The predicted octanol–water partition coefficient (Wildman–Crippen LogP) is 4.17. The van der Waals surface area contributed by atoms with E-state index in [9.17, 15) is 0 Å². The summed E-state index contributed by atoms with van der Waals surface area (Å²) < 4.78 is 5.77. The molecule has 0 bridgehead atoms. The van der Waals surface area contributed by atoms with E-state index < -0.39 is 0 Å².